The Kier molecular flexibility index (Phi) is 12.3. The Morgan fingerprint density at radius 3 is 2.10 bits per heavy atom. The van der Waals surface area contributed by atoms with Crippen molar-refractivity contribution < 1.29 is 28.5 Å². The third-order valence-electron chi connectivity index (χ3n) is 10.7. The largest absolute Gasteiger partial charge is 0.497 e. The Morgan fingerprint density at radius 2 is 1.52 bits per heavy atom. The van der Waals surface area contributed by atoms with Crippen molar-refractivity contribution in [1.82, 2.24) is 0 Å². The highest BCUT2D eigenvalue weighted by atomic mass is 28.4. The zero-order valence-corrected chi connectivity index (χ0v) is 31.1. The molecule has 5 atom stereocenters. The lowest BCUT2D eigenvalue weighted by atomic mass is 9.79. The van der Waals surface area contributed by atoms with E-state index in [1.165, 1.54) is 10.4 Å². The summed E-state index contributed by atoms with van der Waals surface area (Å²) >= 11 is 0. The average molecular weight is 675 g/mol. The van der Waals surface area contributed by atoms with Crippen LogP contribution in [-0.4, -0.2) is 57.3 Å². The third kappa shape index (κ3) is 8.26. The zero-order valence-electron chi connectivity index (χ0n) is 30.1. The van der Waals surface area contributed by atoms with E-state index < -0.39 is 25.8 Å². The molecule has 2 aliphatic rings. The molecule has 0 aliphatic carbocycles. The van der Waals surface area contributed by atoms with Crippen molar-refractivity contribution in [2.24, 2.45) is 5.92 Å². The van der Waals surface area contributed by atoms with E-state index in [-0.39, 0.29) is 11.1 Å². The summed E-state index contributed by atoms with van der Waals surface area (Å²) in [5.74, 6) is 0.514. The summed E-state index contributed by atoms with van der Waals surface area (Å²) in [5.41, 5.74) is 0.145. The lowest BCUT2D eigenvalue weighted by molar-refractivity contribution is -0.356. The van der Waals surface area contributed by atoms with E-state index in [1.54, 1.807) is 7.11 Å². The van der Waals surface area contributed by atoms with Crippen LogP contribution in [0.3, 0.4) is 0 Å². The van der Waals surface area contributed by atoms with Crippen LogP contribution in [-0.2, 0) is 25.2 Å². The lowest BCUT2D eigenvalue weighted by Crippen LogP contribution is -2.68. The summed E-state index contributed by atoms with van der Waals surface area (Å²) in [6.45, 7) is 12.8. The third-order valence-corrected chi connectivity index (χ3v) is 15.7. The fraction of sp³-hybridized carbons (Fsp3) is 0.561. The molecule has 0 bridgehead atoms. The number of unbranched alkanes of at least 4 members (excludes halogenated alkanes) is 1. The van der Waals surface area contributed by atoms with E-state index in [0.29, 0.717) is 45.0 Å². The quantitative estimate of drug-likeness (QED) is 0.139. The minimum Gasteiger partial charge on any atom is -0.497 e. The predicted molar refractivity (Wildman–Crippen MR) is 195 cm³/mol. The molecule has 7 heteroatoms. The molecule has 0 radical (unpaired) electrons. The van der Waals surface area contributed by atoms with Gasteiger partial charge in [0.05, 0.1) is 32.0 Å². The molecule has 1 N–H and O–H groups in total. The van der Waals surface area contributed by atoms with Gasteiger partial charge < -0.3 is 28.5 Å². The maximum absolute atomic E-state index is 12.3. The molecular formula is C41H58O6Si. The minimum atomic E-state index is -2.82. The van der Waals surface area contributed by atoms with Crippen LogP contribution in [0.25, 0.3) is 0 Å². The second-order valence-electron chi connectivity index (χ2n) is 15.1. The zero-order chi connectivity index (χ0) is 34.3. The smallest absolute Gasteiger partial charge is 0.261 e. The van der Waals surface area contributed by atoms with Crippen LogP contribution in [0.1, 0.15) is 91.5 Å². The molecular weight excluding hydrogens is 617 g/mol. The Morgan fingerprint density at radius 1 is 0.875 bits per heavy atom. The Bertz CT molecular complexity index is 1350. The van der Waals surface area contributed by atoms with Crippen LogP contribution in [0.5, 0.6) is 5.75 Å². The van der Waals surface area contributed by atoms with Gasteiger partial charge in [0, 0.05) is 19.4 Å². The van der Waals surface area contributed by atoms with Gasteiger partial charge in [-0.1, -0.05) is 120 Å². The molecule has 3 aromatic carbocycles. The van der Waals surface area contributed by atoms with E-state index in [0.717, 1.165) is 43.4 Å². The molecule has 0 amide bonds. The Labute approximate surface area is 290 Å². The molecule has 3 aromatic rings. The number of ether oxygens (including phenoxy) is 4. The fourth-order valence-corrected chi connectivity index (χ4v) is 12.3. The average Bonchev–Trinajstić information content (AvgIpc) is 3.10. The molecule has 2 aliphatic heterocycles. The Balaban J connectivity index is 1.34. The lowest BCUT2D eigenvalue weighted by Gasteiger charge is -2.53. The van der Waals surface area contributed by atoms with Crippen molar-refractivity contribution in [1.29, 1.82) is 0 Å². The van der Waals surface area contributed by atoms with Crippen LogP contribution in [0.15, 0.2) is 84.9 Å². The summed E-state index contributed by atoms with van der Waals surface area (Å²) < 4.78 is 32.7. The highest BCUT2D eigenvalue weighted by Gasteiger charge is 2.55. The summed E-state index contributed by atoms with van der Waals surface area (Å²) in [7, 11) is -1.15. The van der Waals surface area contributed by atoms with Gasteiger partial charge in [-0.05, 0) is 64.7 Å². The molecule has 2 heterocycles. The number of hydrogen-bond acceptors (Lipinski definition) is 6. The fourth-order valence-electron chi connectivity index (χ4n) is 7.73. The van der Waals surface area contributed by atoms with Crippen molar-refractivity contribution in [3.63, 3.8) is 0 Å². The van der Waals surface area contributed by atoms with Crippen molar-refractivity contribution in [2.75, 3.05) is 20.3 Å². The van der Waals surface area contributed by atoms with E-state index >= 15 is 0 Å². The van der Waals surface area contributed by atoms with Crippen LogP contribution in [0.4, 0.5) is 0 Å². The van der Waals surface area contributed by atoms with Crippen molar-refractivity contribution in [2.45, 2.75) is 121 Å². The van der Waals surface area contributed by atoms with Crippen LogP contribution >= 0.6 is 0 Å². The van der Waals surface area contributed by atoms with Gasteiger partial charge in [-0.25, -0.2) is 0 Å². The van der Waals surface area contributed by atoms with Gasteiger partial charge in [-0.2, -0.15) is 0 Å². The normalized spacial score (nSPS) is 26.4. The molecule has 0 aromatic heterocycles. The number of rotatable bonds is 14. The van der Waals surface area contributed by atoms with E-state index in [2.05, 4.69) is 95.3 Å². The summed E-state index contributed by atoms with van der Waals surface area (Å²) in [5, 5.41) is 14.6. The highest BCUT2D eigenvalue weighted by molar-refractivity contribution is 6.99. The van der Waals surface area contributed by atoms with Gasteiger partial charge >= 0.3 is 0 Å². The van der Waals surface area contributed by atoms with Crippen LogP contribution in [0.2, 0.25) is 5.04 Å². The monoisotopic (exact) mass is 674 g/mol. The van der Waals surface area contributed by atoms with Gasteiger partial charge in [0.1, 0.15) is 11.9 Å². The van der Waals surface area contributed by atoms with Gasteiger partial charge in [0.25, 0.3) is 8.32 Å². The highest BCUT2D eigenvalue weighted by Crippen LogP contribution is 2.47. The van der Waals surface area contributed by atoms with Crippen molar-refractivity contribution >= 4 is 18.7 Å². The van der Waals surface area contributed by atoms with Gasteiger partial charge in [-0.15, -0.1) is 0 Å². The first kappa shape index (κ1) is 36.7. The minimum absolute atomic E-state index is 0.0229. The number of benzene rings is 3. The molecule has 0 unspecified atom stereocenters. The van der Waals surface area contributed by atoms with Gasteiger partial charge in [-0.3, -0.25) is 0 Å². The van der Waals surface area contributed by atoms with Gasteiger partial charge in [0.15, 0.2) is 5.79 Å². The molecule has 2 saturated heterocycles. The van der Waals surface area contributed by atoms with Crippen molar-refractivity contribution in [3.8, 4) is 5.75 Å². The van der Waals surface area contributed by atoms with E-state index in [1.807, 2.05) is 24.3 Å². The molecule has 48 heavy (non-hydrogen) atoms. The molecule has 5 rings (SSSR count). The standard InChI is InChI=1S/C41H58O6Si/c1-7-8-25-40(42)27-28-41(26-23-32(2)37(46-41)24-29-44-30-33-19-21-34(43-6)22-20-33)47-38(40)31-45-48(39(3,4)5,35-15-11-9-12-16-35)36-17-13-10-14-18-36/h9-22,32,37-38,42H,7-8,23-31H2,1-6H3/t32-,37+,38+,40-,41-/m0/s1. The maximum Gasteiger partial charge on any atom is 0.261 e. The molecule has 6 nitrogen and oxygen atoms in total. The van der Waals surface area contributed by atoms with E-state index in [9.17, 15) is 5.11 Å². The van der Waals surface area contributed by atoms with Crippen LogP contribution in [0, 0.1) is 5.92 Å². The topological polar surface area (TPSA) is 66.4 Å². The van der Waals surface area contributed by atoms with E-state index in [4.69, 9.17) is 23.4 Å². The first-order chi connectivity index (χ1) is 23.0. The molecule has 0 saturated carbocycles. The number of hydrogen-bond donors (Lipinski definition) is 1. The van der Waals surface area contributed by atoms with Gasteiger partial charge in [0.2, 0.25) is 0 Å². The molecule has 262 valence electrons. The molecule has 2 fully saturated rings. The maximum atomic E-state index is 12.3. The number of aliphatic hydroxyl groups is 1. The van der Waals surface area contributed by atoms with Crippen molar-refractivity contribution in [3.05, 3.63) is 90.5 Å². The Hall–Kier alpha value is -2.52. The SMILES string of the molecule is CCCC[C@]1(O)CC[C@]2(CC[C@H](C)[C@@H](CCOCc3ccc(OC)cc3)O2)O[C@@H]1CO[Si](c1ccccc1)(c1ccccc1)C(C)(C)C. The summed E-state index contributed by atoms with van der Waals surface area (Å²) in [4.78, 5) is 0. The molecule has 1 spiro atoms. The van der Waals surface area contributed by atoms with Crippen LogP contribution < -0.4 is 15.1 Å². The second kappa shape index (κ2) is 16.0. The first-order valence-electron chi connectivity index (χ1n) is 18.1. The second-order valence-corrected chi connectivity index (χ2v) is 19.4. The number of methoxy groups -OCH3 is 1. The first-order valence-corrected chi connectivity index (χ1v) is 20.0. The predicted octanol–water partition coefficient (Wildman–Crippen LogP) is 7.79. The summed E-state index contributed by atoms with van der Waals surface area (Å²) in [6.07, 6.45) is 6.11. The summed E-state index contributed by atoms with van der Waals surface area (Å²) in [6, 6.07) is 29.4.